The number of nitrogens with zero attached hydrogens (tertiary/aromatic N) is 2. The number of para-hydroxylation sites is 1. The van der Waals surface area contributed by atoms with Crippen LogP contribution in [-0.4, -0.2) is 20.9 Å². The molecule has 3 aromatic rings. The molecule has 110 valence electrons. The molecule has 22 heavy (non-hydrogen) atoms. The Morgan fingerprint density at radius 1 is 1.14 bits per heavy atom. The summed E-state index contributed by atoms with van der Waals surface area (Å²) in [5.74, 6) is -1.41. The summed E-state index contributed by atoms with van der Waals surface area (Å²) in [6, 6.07) is 14.7. The van der Waals surface area contributed by atoms with Gasteiger partial charge < -0.3 is 5.11 Å². The molecule has 0 saturated heterocycles. The van der Waals surface area contributed by atoms with Crippen LogP contribution in [0.3, 0.4) is 0 Å². The number of carboxylic acid groups (broad SMARTS) is 1. The van der Waals surface area contributed by atoms with Crippen LogP contribution in [0.25, 0.3) is 16.9 Å². The summed E-state index contributed by atoms with van der Waals surface area (Å²) in [6.07, 6.45) is 0. The van der Waals surface area contributed by atoms with Crippen LogP contribution in [0.5, 0.6) is 0 Å². The predicted octanol–water partition coefficient (Wildman–Crippen LogP) is 3.69. The van der Waals surface area contributed by atoms with Crippen LogP contribution in [0, 0.1) is 12.7 Å². The minimum Gasteiger partial charge on any atom is -0.477 e. The predicted molar refractivity (Wildman–Crippen MR) is 80.7 cm³/mol. The molecule has 0 radical (unpaired) electrons. The third kappa shape index (κ3) is 2.48. The molecular formula is C17H13FN2O2. The van der Waals surface area contributed by atoms with Gasteiger partial charge in [0.2, 0.25) is 0 Å². The van der Waals surface area contributed by atoms with Crippen LogP contribution >= 0.6 is 0 Å². The van der Waals surface area contributed by atoms with Crippen molar-refractivity contribution in [1.82, 2.24) is 9.78 Å². The summed E-state index contributed by atoms with van der Waals surface area (Å²) < 4.78 is 14.4. The number of hydrogen-bond donors (Lipinski definition) is 1. The molecule has 0 spiro atoms. The number of halogens is 1. The van der Waals surface area contributed by atoms with E-state index in [0.717, 1.165) is 5.56 Å². The van der Waals surface area contributed by atoms with Gasteiger partial charge in [-0.3, -0.25) is 0 Å². The quantitative estimate of drug-likeness (QED) is 0.802. The second-order valence-corrected chi connectivity index (χ2v) is 4.93. The Kier molecular flexibility index (Phi) is 3.47. The van der Waals surface area contributed by atoms with Crippen molar-refractivity contribution in [2.75, 3.05) is 0 Å². The first-order valence-electron chi connectivity index (χ1n) is 6.71. The largest absolute Gasteiger partial charge is 0.477 e. The smallest absolute Gasteiger partial charge is 0.354 e. The van der Waals surface area contributed by atoms with Gasteiger partial charge in [-0.05, 0) is 48.9 Å². The molecule has 0 fully saturated rings. The minimum atomic E-state index is -1.07. The highest BCUT2D eigenvalue weighted by Crippen LogP contribution is 2.23. The molecule has 0 atom stereocenters. The average molecular weight is 296 g/mol. The molecule has 0 saturated carbocycles. The van der Waals surface area contributed by atoms with Crippen molar-refractivity contribution >= 4 is 5.97 Å². The number of aromatic carboxylic acids is 1. The molecule has 0 unspecified atom stereocenters. The van der Waals surface area contributed by atoms with Gasteiger partial charge in [-0.1, -0.05) is 18.2 Å². The molecule has 0 amide bonds. The zero-order chi connectivity index (χ0) is 15.7. The van der Waals surface area contributed by atoms with E-state index < -0.39 is 5.97 Å². The second-order valence-electron chi connectivity index (χ2n) is 4.93. The van der Waals surface area contributed by atoms with E-state index in [1.165, 1.54) is 22.9 Å². The summed E-state index contributed by atoms with van der Waals surface area (Å²) in [7, 11) is 0. The molecule has 1 N–H and O–H groups in total. The Labute approximate surface area is 126 Å². The van der Waals surface area contributed by atoms with Crippen molar-refractivity contribution in [3.05, 3.63) is 71.7 Å². The fourth-order valence-electron chi connectivity index (χ4n) is 2.28. The van der Waals surface area contributed by atoms with Gasteiger partial charge in [0.15, 0.2) is 5.69 Å². The lowest BCUT2D eigenvalue weighted by Crippen LogP contribution is -2.08. The van der Waals surface area contributed by atoms with Crippen molar-refractivity contribution in [3.63, 3.8) is 0 Å². The summed E-state index contributed by atoms with van der Waals surface area (Å²) in [5, 5.41) is 13.8. The monoisotopic (exact) mass is 296 g/mol. The number of aromatic nitrogens is 2. The van der Waals surface area contributed by atoms with E-state index in [4.69, 9.17) is 0 Å². The number of benzene rings is 2. The summed E-state index contributed by atoms with van der Waals surface area (Å²) >= 11 is 0. The number of rotatable bonds is 3. The topological polar surface area (TPSA) is 55.1 Å². The van der Waals surface area contributed by atoms with Crippen LogP contribution in [0.1, 0.15) is 16.1 Å². The zero-order valence-corrected chi connectivity index (χ0v) is 11.8. The van der Waals surface area contributed by atoms with E-state index >= 15 is 0 Å². The van der Waals surface area contributed by atoms with Crippen molar-refractivity contribution in [3.8, 4) is 16.9 Å². The van der Waals surface area contributed by atoms with Gasteiger partial charge in [0.05, 0.1) is 11.4 Å². The maximum atomic E-state index is 13.0. The standard InChI is InChI=1S/C17H13FN2O2/c1-11-4-2-3-5-15(11)20-16(17(21)22)10-14(19-20)12-6-8-13(18)9-7-12/h2-10H,1H3,(H,21,22). The van der Waals surface area contributed by atoms with Crippen LogP contribution < -0.4 is 0 Å². The molecule has 1 aromatic heterocycles. The Hall–Kier alpha value is -2.95. The van der Waals surface area contributed by atoms with Crippen LogP contribution in [0.15, 0.2) is 54.6 Å². The number of carbonyl (C=O) groups is 1. The van der Waals surface area contributed by atoms with Crippen molar-refractivity contribution in [2.45, 2.75) is 6.92 Å². The lowest BCUT2D eigenvalue weighted by molar-refractivity contribution is 0.0687. The Balaban J connectivity index is 2.17. The molecular weight excluding hydrogens is 283 g/mol. The number of aryl methyl sites for hydroxylation is 1. The number of hydrogen-bond acceptors (Lipinski definition) is 2. The lowest BCUT2D eigenvalue weighted by atomic mass is 10.1. The molecule has 0 aliphatic carbocycles. The molecule has 0 aliphatic rings. The van der Waals surface area contributed by atoms with Gasteiger partial charge >= 0.3 is 5.97 Å². The van der Waals surface area contributed by atoms with E-state index in [2.05, 4.69) is 5.10 Å². The third-order valence-electron chi connectivity index (χ3n) is 3.41. The van der Waals surface area contributed by atoms with E-state index in [0.29, 0.717) is 16.9 Å². The van der Waals surface area contributed by atoms with Gasteiger partial charge in [-0.2, -0.15) is 5.10 Å². The Morgan fingerprint density at radius 3 is 2.45 bits per heavy atom. The SMILES string of the molecule is Cc1ccccc1-n1nc(-c2ccc(F)cc2)cc1C(=O)O. The first-order chi connectivity index (χ1) is 10.6. The first kappa shape index (κ1) is 14.0. The van der Waals surface area contributed by atoms with Gasteiger partial charge in [0, 0.05) is 5.56 Å². The summed E-state index contributed by atoms with van der Waals surface area (Å²) in [5.41, 5.74) is 2.83. The molecule has 4 nitrogen and oxygen atoms in total. The van der Waals surface area contributed by atoms with Gasteiger partial charge in [-0.25, -0.2) is 13.9 Å². The van der Waals surface area contributed by atoms with Crippen LogP contribution in [0.2, 0.25) is 0 Å². The highest BCUT2D eigenvalue weighted by Gasteiger charge is 2.17. The normalized spacial score (nSPS) is 10.6. The molecule has 3 rings (SSSR count). The van der Waals surface area contributed by atoms with E-state index in [1.807, 2.05) is 31.2 Å². The molecule has 0 aliphatic heterocycles. The average Bonchev–Trinajstić information content (AvgIpc) is 2.93. The third-order valence-corrected chi connectivity index (χ3v) is 3.41. The van der Waals surface area contributed by atoms with Crippen molar-refractivity contribution < 1.29 is 14.3 Å². The van der Waals surface area contributed by atoms with E-state index in [1.54, 1.807) is 12.1 Å². The fraction of sp³-hybridized carbons (Fsp3) is 0.0588. The van der Waals surface area contributed by atoms with Gasteiger partial charge in [0.1, 0.15) is 5.82 Å². The molecule has 5 heteroatoms. The maximum absolute atomic E-state index is 13.0. The molecule has 0 bridgehead atoms. The molecule has 1 heterocycles. The maximum Gasteiger partial charge on any atom is 0.354 e. The van der Waals surface area contributed by atoms with Crippen molar-refractivity contribution in [2.24, 2.45) is 0 Å². The summed E-state index contributed by atoms with van der Waals surface area (Å²) in [4.78, 5) is 11.5. The Morgan fingerprint density at radius 2 is 1.82 bits per heavy atom. The van der Waals surface area contributed by atoms with E-state index in [9.17, 15) is 14.3 Å². The minimum absolute atomic E-state index is 0.0635. The highest BCUT2D eigenvalue weighted by molar-refractivity contribution is 5.88. The fourth-order valence-corrected chi connectivity index (χ4v) is 2.28. The zero-order valence-electron chi connectivity index (χ0n) is 11.8. The van der Waals surface area contributed by atoms with Crippen molar-refractivity contribution in [1.29, 1.82) is 0 Å². The highest BCUT2D eigenvalue weighted by atomic mass is 19.1. The molecule has 2 aromatic carbocycles. The van der Waals surface area contributed by atoms with Gasteiger partial charge in [-0.15, -0.1) is 0 Å². The van der Waals surface area contributed by atoms with Crippen LogP contribution in [0.4, 0.5) is 4.39 Å². The lowest BCUT2D eigenvalue weighted by Gasteiger charge is -2.07. The van der Waals surface area contributed by atoms with Gasteiger partial charge in [0.25, 0.3) is 0 Å². The Bertz CT molecular complexity index is 838. The first-order valence-corrected chi connectivity index (χ1v) is 6.71. The van der Waals surface area contributed by atoms with E-state index in [-0.39, 0.29) is 11.5 Å². The number of carboxylic acids is 1. The van der Waals surface area contributed by atoms with Crippen LogP contribution in [-0.2, 0) is 0 Å². The second kappa shape index (κ2) is 5.44. The summed E-state index contributed by atoms with van der Waals surface area (Å²) in [6.45, 7) is 1.89.